The topological polar surface area (TPSA) is 71.3 Å². The monoisotopic (exact) mass is 316 g/mol. The van der Waals surface area contributed by atoms with Crippen LogP contribution < -0.4 is 10.1 Å². The molecule has 1 amide bonds. The summed E-state index contributed by atoms with van der Waals surface area (Å²) in [6, 6.07) is 8.98. The van der Waals surface area contributed by atoms with Crippen LogP contribution in [0.2, 0.25) is 0 Å². The molecule has 0 aliphatic heterocycles. The van der Waals surface area contributed by atoms with Crippen LogP contribution in [0.1, 0.15) is 40.0 Å². The molecule has 1 aliphatic rings. The van der Waals surface area contributed by atoms with Crippen LogP contribution in [0.25, 0.3) is 0 Å². The highest BCUT2D eigenvalue weighted by molar-refractivity contribution is 5.70. The van der Waals surface area contributed by atoms with Crippen molar-refractivity contribution in [2.75, 3.05) is 6.54 Å². The maximum atomic E-state index is 11.9. The molecule has 0 aromatic heterocycles. The van der Waals surface area contributed by atoms with Gasteiger partial charge in [-0.3, -0.25) is 0 Å². The quantitative estimate of drug-likeness (QED) is 0.856. The van der Waals surface area contributed by atoms with Gasteiger partial charge in [-0.1, -0.05) is 39.0 Å². The standard InChI is InChI=1S/C18H24N2O3/c1-17(2)9-15(22-13-19)10-18(3,11-17)12-20-16(21)23-14-7-5-4-6-8-14/h4-8,15H,9-12H2,1-3H3,(H,20,21). The molecule has 1 aromatic rings. The molecule has 0 radical (unpaired) electrons. The smallest absolute Gasteiger partial charge is 0.412 e. The summed E-state index contributed by atoms with van der Waals surface area (Å²) in [6.07, 6.45) is 3.79. The maximum Gasteiger partial charge on any atom is 0.412 e. The van der Waals surface area contributed by atoms with E-state index in [4.69, 9.17) is 14.7 Å². The number of nitriles is 1. The number of amides is 1. The first-order chi connectivity index (χ1) is 10.8. The minimum atomic E-state index is -0.460. The van der Waals surface area contributed by atoms with Crippen molar-refractivity contribution in [1.29, 1.82) is 5.26 Å². The fourth-order valence-electron chi connectivity index (χ4n) is 3.75. The minimum Gasteiger partial charge on any atom is -0.424 e. The third kappa shape index (κ3) is 5.17. The number of ether oxygens (including phenoxy) is 2. The highest BCUT2D eigenvalue weighted by Gasteiger charge is 2.42. The van der Waals surface area contributed by atoms with E-state index in [-0.39, 0.29) is 16.9 Å². The van der Waals surface area contributed by atoms with Crippen LogP contribution in [0.3, 0.4) is 0 Å². The SMILES string of the molecule is CC1(C)CC(OC#N)CC(C)(CNC(=O)Oc2ccccc2)C1. The van der Waals surface area contributed by atoms with Crippen molar-refractivity contribution >= 4 is 6.09 Å². The molecular weight excluding hydrogens is 292 g/mol. The van der Waals surface area contributed by atoms with E-state index in [1.54, 1.807) is 18.4 Å². The molecule has 0 saturated heterocycles. The summed E-state index contributed by atoms with van der Waals surface area (Å²) >= 11 is 0. The van der Waals surface area contributed by atoms with Crippen LogP contribution in [0.4, 0.5) is 4.79 Å². The molecule has 2 unspecified atom stereocenters. The first-order valence-electron chi connectivity index (χ1n) is 7.87. The van der Waals surface area contributed by atoms with Crippen molar-refractivity contribution in [2.45, 2.75) is 46.1 Å². The van der Waals surface area contributed by atoms with E-state index in [1.807, 2.05) is 18.2 Å². The minimum absolute atomic E-state index is 0.0690. The van der Waals surface area contributed by atoms with Gasteiger partial charge in [0, 0.05) is 6.54 Å². The lowest BCUT2D eigenvalue weighted by Crippen LogP contribution is -2.46. The number of hydrogen-bond donors (Lipinski definition) is 1. The second-order valence-electron chi connectivity index (χ2n) is 7.45. The Balaban J connectivity index is 1.92. The zero-order chi connectivity index (χ0) is 16.9. The van der Waals surface area contributed by atoms with E-state index >= 15 is 0 Å². The molecule has 0 heterocycles. The average molecular weight is 316 g/mol. The zero-order valence-electron chi connectivity index (χ0n) is 14.0. The van der Waals surface area contributed by atoms with Gasteiger partial charge in [-0.15, -0.1) is 0 Å². The highest BCUT2D eigenvalue weighted by Crippen LogP contribution is 2.46. The van der Waals surface area contributed by atoms with Gasteiger partial charge in [0.05, 0.1) is 0 Å². The summed E-state index contributed by atoms with van der Waals surface area (Å²) in [5.41, 5.74) is -0.0570. The Kier molecular flexibility index (Phi) is 5.15. The molecule has 1 aliphatic carbocycles. The Hall–Kier alpha value is -2.22. The largest absolute Gasteiger partial charge is 0.424 e. The van der Waals surface area contributed by atoms with Crippen molar-refractivity contribution < 1.29 is 14.3 Å². The number of hydrogen-bond acceptors (Lipinski definition) is 4. The van der Waals surface area contributed by atoms with E-state index in [1.165, 1.54) is 0 Å². The first kappa shape index (κ1) is 17.1. The Labute approximate surface area is 137 Å². The zero-order valence-corrected chi connectivity index (χ0v) is 14.0. The second kappa shape index (κ2) is 6.91. The average Bonchev–Trinajstić information content (AvgIpc) is 2.45. The predicted molar refractivity (Wildman–Crippen MR) is 86.7 cm³/mol. The van der Waals surface area contributed by atoms with Gasteiger partial charge in [0.25, 0.3) is 6.26 Å². The summed E-state index contributed by atoms with van der Waals surface area (Å²) in [7, 11) is 0. The normalized spacial score (nSPS) is 25.9. The number of carbonyl (C=O) groups excluding carboxylic acids is 1. The molecule has 2 atom stereocenters. The van der Waals surface area contributed by atoms with Crippen molar-refractivity contribution in [2.24, 2.45) is 10.8 Å². The van der Waals surface area contributed by atoms with Crippen molar-refractivity contribution in [3.05, 3.63) is 30.3 Å². The molecule has 5 heteroatoms. The second-order valence-corrected chi connectivity index (χ2v) is 7.45. The van der Waals surface area contributed by atoms with Gasteiger partial charge in [0.15, 0.2) is 0 Å². The van der Waals surface area contributed by atoms with Crippen LogP contribution in [-0.4, -0.2) is 18.7 Å². The number of nitrogens with zero attached hydrogens (tertiary/aromatic N) is 1. The Morgan fingerprint density at radius 2 is 2.00 bits per heavy atom. The summed E-state index contributed by atoms with van der Waals surface area (Å²) in [6.45, 7) is 6.94. The van der Waals surface area contributed by atoms with Crippen LogP contribution in [-0.2, 0) is 4.74 Å². The first-order valence-corrected chi connectivity index (χ1v) is 7.87. The maximum absolute atomic E-state index is 11.9. The number of para-hydroxylation sites is 1. The molecule has 0 spiro atoms. The lowest BCUT2D eigenvalue weighted by Gasteiger charge is -2.45. The van der Waals surface area contributed by atoms with E-state index in [0.717, 1.165) is 19.3 Å². The fourth-order valence-corrected chi connectivity index (χ4v) is 3.75. The molecular formula is C18H24N2O3. The molecule has 2 rings (SSSR count). The summed E-state index contributed by atoms with van der Waals surface area (Å²) in [5.74, 6) is 0.518. The van der Waals surface area contributed by atoms with Gasteiger partial charge in [-0.05, 0) is 42.2 Å². The van der Waals surface area contributed by atoms with Crippen molar-refractivity contribution in [1.82, 2.24) is 5.32 Å². The van der Waals surface area contributed by atoms with E-state index < -0.39 is 6.09 Å². The van der Waals surface area contributed by atoms with Crippen LogP contribution in [0, 0.1) is 22.3 Å². The predicted octanol–water partition coefficient (Wildman–Crippen LogP) is 3.86. The van der Waals surface area contributed by atoms with Gasteiger partial charge in [0.2, 0.25) is 0 Å². The Morgan fingerprint density at radius 3 is 2.65 bits per heavy atom. The third-order valence-electron chi connectivity index (χ3n) is 4.24. The lowest BCUT2D eigenvalue weighted by molar-refractivity contribution is -0.0101. The Bertz CT molecular complexity index is 580. The van der Waals surface area contributed by atoms with Crippen LogP contribution >= 0.6 is 0 Å². The van der Waals surface area contributed by atoms with E-state index in [9.17, 15) is 4.79 Å². The highest BCUT2D eigenvalue weighted by atomic mass is 16.6. The molecule has 1 fully saturated rings. The Morgan fingerprint density at radius 1 is 1.30 bits per heavy atom. The summed E-state index contributed by atoms with van der Waals surface area (Å²) < 4.78 is 10.4. The van der Waals surface area contributed by atoms with Gasteiger partial charge in [0.1, 0.15) is 11.9 Å². The van der Waals surface area contributed by atoms with Crippen LogP contribution in [0.15, 0.2) is 30.3 Å². The molecule has 1 saturated carbocycles. The number of rotatable bonds is 4. The number of carbonyl (C=O) groups is 1. The van der Waals surface area contributed by atoms with Gasteiger partial charge in [-0.25, -0.2) is 4.79 Å². The summed E-state index contributed by atoms with van der Waals surface area (Å²) in [4.78, 5) is 11.9. The molecule has 5 nitrogen and oxygen atoms in total. The third-order valence-corrected chi connectivity index (χ3v) is 4.24. The number of nitrogens with one attached hydrogen (secondary N) is 1. The number of benzene rings is 1. The van der Waals surface area contributed by atoms with Crippen LogP contribution in [0.5, 0.6) is 5.75 Å². The van der Waals surface area contributed by atoms with E-state index in [2.05, 4.69) is 26.1 Å². The van der Waals surface area contributed by atoms with Gasteiger partial charge >= 0.3 is 6.09 Å². The molecule has 23 heavy (non-hydrogen) atoms. The molecule has 1 aromatic carbocycles. The molecule has 0 bridgehead atoms. The van der Waals surface area contributed by atoms with Gasteiger partial charge < -0.3 is 14.8 Å². The van der Waals surface area contributed by atoms with E-state index in [0.29, 0.717) is 12.3 Å². The summed E-state index contributed by atoms with van der Waals surface area (Å²) in [5, 5.41) is 11.6. The fraction of sp³-hybridized carbons (Fsp3) is 0.556. The lowest BCUT2D eigenvalue weighted by atomic mass is 9.63. The van der Waals surface area contributed by atoms with Gasteiger partial charge in [-0.2, -0.15) is 5.26 Å². The van der Waals surface area contributed by atoms with Crippen molar-refractivity contribution in [3.8, 4) is 12.0 Å². The molecule has 124 valence electrons. The van der Waals surface area contributed by atoms with Crippen molar-refractivity contribution in [3.63, 3.8) is 0 Å². The molecule has 1 N–H and O–H groups in total.